The van der Waals surface area contributed by atoms with Crippen LogP contribution in [0.2, 0.25) is 0 Å². The lowest BCUT2D eigenvalue weighted by Crippen LogP contribution is -2.46. The van der Waals surface area contributed by atoms with E-state index < -0.39 is 11.4 Å². The lowest BCUT2D eigenvalue weighted by molar-refractivity contribution is -0.130. The van der Waals surface area contributed by atoms with Gasteiger partial charge in [-0.1, -0.05) is 55.8 Å². The second-order valence-electron chi connectivity index (χ2n) is 8.39. The molecule has 0 aliphatic heterocycles. The molecule has 0 radical (unpaired) electrons. The molecule has 0 bridgehead atoms. The average Bonchev–Trinajstić information content (AvgIpc) is 2.73. The number of imide groups is 1. The number of urea groups is 1. The van der Waals surface area contributed by atoms with Crippen molar-refractivity contribution in [2.75, 3.05) is 0 Å². The fourth-order valence-corrected chi connectivity index (χ4v) is 4.55. The van der Waals surface area contributed by atoms with Crippen LogP contribution in [0.5, 0.6) is 0 Å². The zero-order valence-corrected chi connectivity index (χ0v) is 16.9. The molecule has 1 aromatic heterocycles. The minimum atomic E-state index is -0.846. The molecule has 6 nitrogen and oxygen atoms in total. The van der Waals surface area contributed by atoms with Gasteiger partial charge in [-0.25, -0.2) is 4.79 Å². The van der Waals surface area contributed by atoms with Gasteiger partial charge in [0.2, 0.25) is 5.91 Å². The van der Waals surface area contributed by atoms with E-state index in [1.54, 1.807) is 0 Å². The average molecular weight is 403 g/mol. The van der Waals surface area contributed by atoms with E-state index in [9.17, 15) is 14.4 Å². The van der Waals surface area contributed by atoms with Crippen LogP contribution in [0, 0.1) is 5.41 Å². The number of hydrogen-bond donors (Lipinski definition) is 3. The molecule has 30 heavy (non-hydrogen) atoms. The molecule has 2 atom stereocenters. The molecule has 4 N–H and O–H groups in total. The number of rotatable bonds is 3. The van der Waals surface area contributed by atoms with E-state index in [-0.39, 0.29) is 17.4 Å². The van der Waals surface area contributed by atoms with Gasteiger partial charge in [-0.3, -0.25) is 14.9 Å². The second kappa shape index (κ2) is 7.78. The summed E-state index contributed by atoms with van der Waals surface area (Å²) in [5.41, 5.74) is 6.65. The summed E-state index contributed by atoms with van der Waals surface area (Å²) in [5, 5.41) is 4.46. The normalized spacial score (nSPS) is 21.3. The Balaban J connectivity index is 1.60. The van der Waals surface area contributed by atoms with Crippen molar-refractivity contribution >= 4 is 22.7 Å². The summed E-state index contributed by atoms with van der Waals surface area (Å²) < 4.78 is 0. The summed E-state index contributed by atoms with van der Waals surface area (Å²) in [6, 6.07) is 17.1. The summed E-state index contributed by atoms with van der Waals surface area (Å²) in [6.07, 6.45) is 2.80. The van der Waals surface area contributed by atoms with Crippen molar-refractivity contribution in [2.45, 2.75) is 38.5 Å². The molecule has 4 rings (SSSR count). The molecule has 3 amide bonds. The molecule has 1 aliphatic rings. The number of primary amides is 1. The number of fused-ring (bicyclic) bond motifs is 1. The summed E-state index contributed by atoms with van der Waals surface area (Å²) >= 11 is 0. The van der Waals surface area contributed by atoms with Crippen LogP contribution in [0.25, 0.3) is 22.0 Å². The Kier molecular flexibility index (Phi) is 5.16. The number of pyridine rings is 1. The van der Waals surface area contributed by atoms with E-state index in [0.29, 0.717) is 18.4 Å². The van der Waals surface area contributed by atoms with Crippen LogP contribution in [0.1, 0.15) is 44.1 Å². The number of amides is 3. The van der Waals surface area contributed by atoms with E-state index in [4.69, 9.17) is 5.73 Å². The van der Waals surface area contributed by atoms with Crippen LogP contribution in [-0.4, -0.2) is 16.9 Å². The predicted molar refractivity (Wildman–Crippen MR) is 117 cm³/mol. The van der Waals surface area contributed by atoms with Gasteiger partial charge in [0.25, 0.3) is 5.56 Å². The van der Waals surface area contributed by atoms with Gasteiger partial charge in [-0.15, -0.1) is 0 Å². The number of nitrogens with two attached hydrogens (primary N) is 1. The molecule has 154 valence electrons. The van der Waals surface area contributed by atoms with Crippen molar-refractivity contribution in [3.05, 3.63) is 70.5 Å². The van der Waals surface area contributed by atoms with E-state index in [2.05, 4.69) is 22.4 Å². The highest BCUT2D eigenvalue weighted by Gasteiger charge is 2.40. The first-order chi connectivity index (χ1) is 14.4. The summed E-state index contributed by atoms with van der Waals surface area (Å²) in [7, 11) is 0. The lowest BCUT2D eigenvalue weighted by Gasteiger charge is -2.36. The first-order valence-electron chi connectivity index (χ1n) is 10.2. The van der Waals surface area contributed by atoms with E-state index in [0.717, 1.165) is 34.9 Å². The highest BCUT2D eigenvalue weighted by atomic mass is 16.2. The van der Waals surface area contributed by atoms with Crippen molar-refractivity contribution in [1.29, 1.82) is 0 Å². The molecule has 1 fully saturated rings. The Morgan fingerprint density at radius 1 is 1.10 bits per heavy atom. The first kappa shape index (κ1) is 19.9. The topological polar surface area (TPSA) is 105 Å². The van der Waals surface area contributed by atoms with E-state index in [1.165, 1.54) is 0 Å². The van der Waals surface area contributed by atoms with Crippen molar-refractivity contribution < 1.29 is 9.59 Å². The van der Waals surface area contributed by atoms with Crippen LogP contribution in [0.15, 0.2) is 59.4 Å². The van der Waals surface area contributed by atoms with Crippen LogP contribution in [0.3, 0.4) is 0 Å². The molecule has 0 unspecified atom stereocenters. The minimum Gasteiger partial charge on any atom is -0.351 e. The van der Waals surface area contributed by atoms with Crippen molar-refractivity contribution in [3.63, 3.8) is 0 Å². The number of benzene rings is 2. The SMILES string of the molecule is C[C@]1(C(=O)NC(N)=O)CCC[C@H](c2ccc(-c3ccc4ccccc4c3)[nH]c2=O)C1. The van der Waals surface area contributed by atoms with Gasteiger partial charge in [0.1, 0.15) is 0 Å². The predicted octanol–water partition coefficient (Wildman–Crippen LogP) is 4.05. The summed E-state index contributed by atoms with van der Waals surface area (Å²) in [6.45, 7) is 1.83. The standard InChI is InChI=1S/C24H25N3O3/c1-24(22(29)27-23(25)30)12-4-7-18(14-24)19-10-11-20(26-21(19)28)17-9-8-15-5-2-3-6-16(15)13-17/h2-3,5-6,8-11,13,18H,4,7,12,14H2,1H3,(H,26,28)(H3,25,27,29,30)/t18-,24-/m0/s1. The molecule has 1 saturated carbocycles. The molecule has 1 aliphatic carbocycles. The highest BCUT2D eigenvalue weighted by molar-refractivity contribution is 5.96. The summed E-state index contributed by atoms with van der Waals surface area (Å²) in [4.78, 5) is 39.4. The lowest BCUT2D eigenvalue weighted by atomic mass is 9.68. The van der Waals surface area contributed by atoms with Crippen LogP contribution in [-0.2, 0) is 4.79 Å². The number of nitrogens with one attached hydrogen (secondary N) is 2. The Morgan fingerprint density at radius 3 is 2.60 bits per heavy atom. The second-order valence-corrected chi connectivity index (χ2v) is 8.39. The Hall–Kier alpha value is -3.41. The zero-order valence-electron chi connectivity index (χ0n) is 16.9. The molecule has 6 heteroatoms. The number of carbonyl (C=O) groups is 2. The van der Waals surface area contributed by atoms with Gasteiger partial charge in [0.05, 0.1) is 0 Å². The first-order valence-corrected chi connectivity index (χ1v) is 10.2. The quantitative estimate of drug-likeness (QED) is 0.614. The number of aromatic nitrogens is 1. The molecular formula is C24H25N3O3. The molecule has 2 aromatic carbocycles. The number of H-pyrrole nitrogens is 1. The largest absolute Gasteiger partial charge is 0.351 e. The molecule has 3 aromatic rings. The Labute approximate surface area is 174 Å². The van der Waals surface area contributed by atoms with Crippen LogP contribution >= 0.6 is 0 Å². The van der Waals surface area contributed by atoms with Gasteiger partial charge in [0, 0.05) is 16.7 Å². The van der Waals surface area contributed by atoms with Gasteiger partial charge in [-0.2, -0.15) is 0 Å². The molecule has 0 spiro atoms. The van der Waals surface area contributed by atoms with Gasteiger partial charge in [0.15, 0.2) is 0 Å². The van der Waals surface area contributed by atoms with Gasteiger partial charge in [-0.05, 0) is 53.6 Å². The van der Waals surface area contributed by atoms with E-state index in [1.807, 2.05) is 49.4 Å². The number of carbonyl (C=O) groups excluding carboxylic acids is 2. The smallest absolute Gasteiger partial charge is 0.318 e. The fraction of sp³-hybridized carbons (Fsp3) is 0.292. The maximum Gasteiger partial charge on any atom is 0.318 e. The zero-order chi connectivity index (χ0) is 21.3. The number of hydrogen-bond acceptors (Lipinski definition) is 3. The molecule has 1 heterocycles. The van der Waals surface area contributed by atoms with Crippen molar-refractivity contribution in [1.82, 2.24) is 10.3 Å². The minimum absolute atomic E-state index is 0.0446. The van der Waals surface area contributed by atoms with Gasteiger partial charge < -0.3 is 10.7 Å². The Morgan fingerprint density at radius 2 is 1.87 bits per heavy atom. The van der Waals surface area contributed by atoms with Crippen LogP contribution < -0.4 is 16.6 Å². The molecular weight excluding hydrogens is 378 g/mol. The maximum atomic E-state index is 12.9. The highest BCUT2D eigenvalue weighted by Crippen LogP contribution is 2.43. The summed E-state index contributed by atoms with van der Waals surface area (Å²) in [5.74, 6) is -0.416. The monoisotopic (exact) mass is 403 g/mol. The number of aromatic amines is 1. The third-order valence-electron chi connectivity index (χ3n) is 6.20. The maximum absolute atomic E-state index is 12.9. The third-order valence-corrected chi connectivity index (χ3v) is 6.20. The van der Waals surface area contributed by atoms with Gasteiger partial charge >= 0.3 is 6.03 Å². The van der Waals surface area contributed by atoms with Crippen LogP contribution in [0.4, 0.5) is 4.79 Å². The van der Waals surface area contributed by atoms with Crippen molar-refractivity contribution in [3.8, 4) is 11.3 Å². The third kappa shape index (κ3) is 3.85. The molecule has 0 saturated heterocycles. The Bertz CT molecular complexity index is 1180. The fourth-order valence-electron chi connectivity index (χ4n) is 4.55. The van der Waals surface area contributed by atoms with E-state index >= 15 is 0 Å². The van der Waals surface area contributed by atoms with Crippen molar-refractivity contribution in [2.24, 2.45) is 11.1 Å².